The highest BCUT2D eigenvalue weighted by Crippen LogP contribution is 2.32. The third-order valence-corrected chi connectivity index (χ3v) is 3.87. The van der Waals surface area contributed by atoms with Crippen LogP contribution in [0.1, 0.15) is 24.8 Å². The van der Waals surface area contributed by atoms with Crippen LogP contribution < -0.4 is 4.74 Å². The van der Waals surface area contributed by atoms with E-state index >= 15 is 0 Å². The molecule has 5 nitrogen and oxygen atoms in total. The van der Waals surface area contributed by atoms with E-state index in [-0.39, 0.29) is 0 Å². The second-order valence-corrected chi connectivity index (χ2v) is 5.14. The van der Waals surface area contributed by atoms with E-state index in [0.717, 1.165) is 22.1 Å². The second-order valence-electron chi connectivity index (χ2n) is 5.14. The first-order valence-corrected chi connectivity index (χ1v) is 7.01. The summed E-state index contributed by atoms with van der Waals surface area (Å²) < 4.78 is 5.17. The summed E-state index contributed by atoms with van der Waals surface area (Å²) in [7, 11) is 1.59. The maximum Gasteiger partial charge on any atom is 0.318 e. The number of hydrogen-bond donors (Lipinski definition) is 2. The summed E-state index contributed by atoms with van der Waals surface area (Å²) in [6, 6.07) is 11.1. The number of hydrogen-bond acceptors (Lipinski definition) is 3. The molecular weight excluding hydrogens is 284 g/mol. The fourth-order valence-electron chi connectivity index (χ4n) is 2.71. The first-order valence-electron chi connectivity index (χ1n) is 7.01. The van der Waals surface area contributed by atoms with Crippen molar-refractivity contribution in [2.24, 2.45) is 5.92 Å². The minimum atomic E-state index is -1.44. The van der Waals surface area contributed by atoms with Gasteiger partial charge in [0.1, 0.15) is 5.75 Å². The minimum Gasteiger partial charge on any atom is -0.497 e. The van der Waals surface area contributed by atoms with Crippen molar-refractivity contribution >= 4 is 22.7 Å². The van der Waals surface area contributed by atoms with Crippen LogP contribution in [0.25, 0.3) is 10.8 Å². The van der Waals surface area contributed by atoms with Crippen molar-refractivity contribution < 1.29 is 24.5 Å². The molecule has 0 spiro atoms. The van der Waals surface area contributed by atoms with E-state index in [1.807, 2.05) is 30.3 Å². The van der Waals surface area contributed by atoms with Crippen molar-refractivity contribution in [3.05, 3.63) is 42.0 Å². The van der Waals surface area contributed by atoms with Crippen LogP contribution in [0.4, 0.5) is 0 Å². The van der Waals surface area contributed by atoms with Crippen molar-refractivity contribution in [1.82, 2.24) is 0 Å². The molecule has 2 aromatic rings. The number of fused-ring (bicyclic) bond motifs is 1. The highest BCUT2D eigenvalue weighted by molar-refractivity contribution is 5.94. The fourth-order valence-corrected chi connectivity index (χ4v) is 2.71. The van der Waals surface area contributed by atoms with E-state index in [1.165, 1.54) is 0 Å². The molecule has 0 saturated heterocycles. The molecule has 2 rings (SSSR count). The summed E-state index contributed by atoms with van der Waals surface area (Å²) in [5.41, 5.74) is 0.718. The van der Waals surface area contributed by atoms with E-state index < -0.39 is 23.8 Å². The Morgan fingerprint density at radius 1 is 1.05 bits per heavy atom. The van der Waals surface area contributed by atoms with Crippen molar-refractivity contribution in [1.29, 1.82) is 0 Å². The number of carboxylic acids is 2. The lowest BCUT2D eigenvalue weighted by molar-refractivity contribution is -0.155. The van der Waals surface area contributed by atoms with E-state index in [1.54, 1.807) is 20.1 Å². The van der Waals surface area contributed by atoms with Crippen LogP contribution >= 0.6 is 0 Å². The van der Waals surface area contributed by atoms with Crippen molar-refractivity contribution in [3.63, 3.8) is 0 Å². The van der Waals surface area contributed by atoms with Gasteiger partial charge in [0, 0.05) is 5.92 Å². The monoisotopic (exact) mass is 302 g/mol. The Balaban J connectivity index is 2.47. The average molecular weight is 302 g/mol. The largest absolute Gasteiger partial charge is 0.497 e. The Kier molecular flexibility index (Phi) is 4.65. The Labute approximate surface area is 128 Å². The lowest BCUT2D eigenvalue weighted by Gasteiger charge is -2.20. The zero-order valence-corrected chi connectivity index (χ0v) is 12.4. The molecule has 1 unspecified atom stereocenters. The summed E-state index contributed by atoms with van der Waals surface area (Å²) in [6.07, 6.45) is 0.435. The molecule has 0 radical (unpaired) electrons. The van der Waals surface area contributed by atoms with Gasteiger partial charge in [-0.25, -0.2) is 0 Å². The van der Waals surface area contributed by atoms with Gasteiger partial charge in [-0.1, -0.05) is 31.2 Å². The maximum atomic E-state index is 11.3. The highest BCUT2D eigenvalue weighted by Gasteiger charge is 2.34. The third-order valence-electron chi connectivity index (χ3n) is 3.87. The lowest BCUT2D eigenvalue weighted by atomic mass is 9.83. The molecule has 22 heavy (non-hydrogen) atoms. The molecule has 1 atom stereocenters. The summed E-state index contributed by atoms with van der Waals surface area (Å²) >= 11 is 0. The average Bonchev–Trinajstić information content (AvgIpc) is 2.50. The topological polar surface area (TPSA) is 83.8 Å². The molecular formula is C17H18O5. The van der Waals surface area contributed by atoms with E-state index in [4.69, 9.17) is 4.74 Å². The van der Waals surface area contributed by atoms with Crippen molar-refractivity contribution in [2.45, 2.75) is 19.3 Å². The fraction of sp³-hybridized carbons (Fsp3) is 0.294. The van der Waals surface area contributed by atoms with Gasteiger partial charge in [-0.3, -0.25) is 9.59 Å². The number of rotatable bonds is 6. The number of aliphatic carboxylic acids is 2. The first kappa shape index (κ1) is 15.8. The summed E-state index contributed by atoms with van der Waals surface area (Å²) in [5, 5.41) is 20.3. The molecule has 0 heterocycles. The van der Waals surface area contributed by atoms with Gasteiger partial charge in [-0.15, -0.1) is 0 Å². The van der Waals surface area contributed by atoms with Gasteiger partial charge in [0.2, 0.25) is 0 Å². The van der Waals surface area contributed by atoms with Gasteiger partial charge >= 0.3 is 11.9 Å². The molecule has 2 N–H and O–H groups in total. The Morgan fingerprint density at radius 3 is 2.18 bits per heavy atom. The predicted molar refractivity (Wildman–Crippen MR) is 82.3 cm³/mol. The Hall–Kier alpha value is -2.56. The second kappa shape index (κ2) is 6.47. The van der Waals surface area contributed by atoms with Crippen LogP contribution in [-0.2, 0) is 9.59 Å². The number of benzene rings is 2. The summed E-state index contributed by atoms with van der Waals surface area (Å²) in [4.78, 5) is 22.5. The molecule has 0 bridgehead atoms. The minimum absolute atomic E-state index is 0.435. The predicted octanol–water partition coefficient (Wildman–Crippen LogP) is 3.13. The molecule has 0 aromatic heterocycles. The summed E-state index contributed by atoms with van der Waals surface area (Å²) in [6.45, 7) is 1.79. The van der Waals surface area contributed by atoms with Gasteiger partial charge in [-0.05, 0) is 34.9 Å². The zero-order chi connectivity index (χ0) is 16.3. The molecule has 0 aliphatic heterocycles. The van der Waals surface area contributed by atoms with Crippen LogP contribution in [0.2, 0.25) is 0 Å². The lowest BCUT2D eigenvalue weighted by Crippen LogP contribution is -2.29. The van der Waals surface area contributed by atoms with E-state index in [0.29, 0.717) is 6.42 Å². The van der Waals surface area contributed by atoms with Gasteiger partial charge in [0.15, 0.2) is 5.92 Å². The molecule has 0 saturated carbocycles. The van der Waals surface area contributed by atoms with E-state index in [2.05, 4.69) is 0 Å². The van der Waals surface area contributed by atoms with Crippen molar-refractivity contribution in [2.75, 3.05) is 7.11 Å². The summed E-state index contributed by atoms with van der Waals surface area (Å²) in [5.74, 6) is -3.90. The normalized spacial score (nSPS) is 12.3. The number of ether oxygens (including phenoxy) is 1. The SMILES string of the molecule is CCC(c1ccc2cc(OC)ccc2c1)C(C(=O)O)C(=O)O. The number of carboxylic acid groups (broad SMARTS) is 2. The van der Waals surface area contributed by atoms with Crippen molar-refractivity contribution in [3.8, 4) is 5.75 Å². The van der Waals surface area contributed by atoms with Crippen LogP contribution in [-0.4, -0.2) is 29.3 Å². The maximum absolute atomic E-state index is 11.3. The smallest absolute Gasteiger partial charge is 0.318 e. The number of carbonyl (C=O) groups is 2. The number of methoxy groups -OCH3 is 1. The molecule has 0 fully saturated rings. The Morgan fingerprint density at radius 2 is 1.64 bits per heavy atom. The van der Waals surface area contributed by atoms with Gasteiger partial charge in [-0.2, -0.15) is 0 Å². The van der Waals surface area contributed by atoms with Gasteiger partial charge < -0.3 is 14.9 Å². The van der Waals surface area contributed by atoms with Crippen LogP contribution in [0, 0.1) is 5.92 Å². The van der Waals surface area contributed by atoms with E-state index in [9.17, 15) is 19.8 Å². The molecule has 0 aliphatic rings. The van der Waals surface area contributed by atoms with Crippen LogP contribution in [0.3, 0.4) is 0 Å². The zero-order valence-electron chi connectivity index (χ0n) is 12.4. The first-order chi connectivity index (χ1) is 10.5. The molecule has 0 amide bonds. The van der Waals surface area contributed by atoms with Gasteiger partial charge in [0.05, 0.1) is 7.11 Å². The Bertz CT molecular complexity index is 693. The third kappa shape index (κ3) is 3.03. The molecule has 2 aromatic carbocycles. The van der Waals surface area contributed by atoms with Crippen LogP contribution in [0.5, 0.6) is 5.75 Å². The standard InChI is InChI=1S/C17H18O5/c1-3-14(15(16(18)19)17(20)21)12-5-4-11-9-13(22-2)7-6-10(11)8-12/h4-9,14-15H,3H2,1-2H3,(H,18,19)(H,20,21). The highest BCUT2D eigenvalue weighted by atomic mass is 16.5. The molecule has 0 aliphatic carbocycles. The van der Waals surface area contributed by atoms with Gasteiger partial charge in [0.25, 0.3) is 0 Å². The molecule has 116 valence electrons. The quantitative estimate of drug-likeness (QED) is 0.801. The van der Waals surface area contributed by atoms with Crippen LogP contribution in [0.15, 0.2) is 36.4 Å². The molecule has 5 heteroatoms.